The number of rotatable bonds is 7. The van der Waals surface area contributed by atoms with E-state index in [0.29, 0.717) is 13.2 Å². The predicted octanol–water partition coefficient (Wildman–Crippen LogP) is 4.62. The van der Waals surface area contributed by atoms with Crippen LogP contribution in [0.4, 0.5) is 0 Å². The van der Waals surface area contributed by atoms with Gasteiger partial charge in [-0.2, -0.15) is 11.3 Å². The van der Waals surface area contributed by atoms with E-state index < -0.39 is 0 Å². The molecule has 0 aliphatic heterocycles. The van der Waals surface area contributed by atoms with Crippen molar-refractivity contribution in [3.05, 3.63) is 44.6 Å². The molecule has 0 amide bonds. The van der Waals surface area contributed by atoms with E-state index in [9.17, 15) is 0 Å². The molecule has 1 unspecified atom stereocenters. The van der Waals surface area contributed by atoms with Crippen LogP contribution in [0.2, 0.25) is 0 Å². The lowest BCUT2D eigenvalue weighted by molar-refractivity contribution is 0.287. The Balaban J connectivity index is 2.38. The van der Waals surface area contributed by atoms with Gasteiger partial charge in [0.15, 0.2) is 11.5 Å². The molecule has 0 bridgehead atoms. The number of nitrogens with one attached hydrogen (secondary N) is 1. The van der Waals surface area contributed by atoms with Gasteiger partial charge in [-0.3, -0.25) is 0 Å². The quantitative estimate of drug-likeness (QED) is 0.772. The van der Waals surface area contributed by atoms with Gasteiger partial charge in [0.25, 0.3) is 0 Å². The van der Waals surface area contributed by atoms with Gasteiger partial charge in [0.05, 0.1) is 19.3 Å². The van der Waals surface area contributed by atoms with Crippen molar-refractivity contribution in [2.45, 2.75) is 19.9 Å². The predicted molar refractivity (Wildman–Crippen MR) is 91.7 cm³/mol. The van der Waals surface area contributed by atoms with Crippen LogP contribution in [0.1, 0.15) is 31.0 Å². The van der Waals surface area contributed by atoms with Gasteiger partial charge < -0.3 is 14.8 Å². The summed E-state index contributed by atoms with van der Waals surface area (Å²) in [5.74, 6) is 1.59. The van der Waals surface area contributed by atoms with E-state index in [-0.39, 0.29) is 6.04 Å². The van der Waals surface area contributed by atoms with Crippen molar-refractivity contribution < 1.29 is 9.47 Å². The van der Waals surface area contributed by atoms with Crippen LogP contribution in [0.25, 0.3) is 0 Å². The molecule has 5 heteroatoms. The highest BCUT2D eigenvalue weighted by Crippen LogP contribution is 2.36. The molecular weight excluding hydrogens is 350 g/mol. The number of benzene rings is 1. The van der Waals surface area contributed by atoms with Crippen LogP contribution in [0.3, 0.4) is 0 Å². The third-order valence-electron chi connectivity index (χ3n) is 3.14. The highest BCUT2D eigenvalue weighted by Gasteiger charge is 2.18. The van der Waals surface area contributed by atoms with Crippen molar-refractivity contribution in [1.29, 1.82) is 0 Å². The van der Waals surface area contributed by atoms with Crippen LogP contribution >= 0.6 is 27.3 Å². The van der Waals surface area contributed by atoms with Gasteiger partial charge in [-0.25, -0.2) is 0 Å². The Bertz CT molecular complexity index is 585. The summed E-state index contributed by atoms with van der Waals surface area (Å²) < 4.78 is 12.5. The third kappa shape index (κ3) is 3.78. The molecule has 0 aliphatic carbocycles. The van der Waals surface area contributed by atoms with Crippen LogP contribution in [0.15, 0.2) is 33.4 Å². The van der Waals surface area contributed by atoms with Gasteiger partial charge in [0.2, 0.25) is 0 Å². The molecule has 1 heterocycles. The van der Waals surface area contributed by atoms with Gasteiger partial charge in [0.1, 0.15) is 0 Å². The van der Waals surface area contributed by atoms with Crippen LogP contribution in [0, 0.1) is 0 Å². The van der Waals surface area contributed by atoms with E-state index in [1.54, 1.807) is 11.3 Å². The molecule has 1 N–H and O–H groups in total. The molecule has 1 aromatic heterocycles. The van der Waals surface area contributed by atoms with Gasteiger partial charge >= 0.3 is 0 Å². The average Bonchev–Trinajstić information content (AvgIpc) is 2.89. The van der Waals surface area contributed by atoms with Gasteiger partial charge in [0, 0.05) is 9.85 Å². The van der Waals surface area contributed by atoms with E-state index >= 15 is 0 Å². The zero-order chi connectivity index (χ0) is 15.2. The van der Waals surface area contributed by atoms with Crippen LogP contribution < -0.4 is 14.8 Å². The Hall–Kier alpha value is -1.04. The van der Waals surface area contributed by atoms with Gasteiger partial charge in [-0.05, 0) is 65.5 Å². The average molecular weight is 370 g/mol. The lowest BCUT2D eigenvalue weighted by Gasteiger charge is -2.19. The maximum absolute atomic E-state index is 5.71. The van der Waals surface area contributed by atoms with E-state index in [4.69, 9.17) is 9.47 Å². The standard InChI is InChI=1S/C16H20BrNO2S/c1-4-19-14-7-6-11(8-15(14)20-5-2)16(18-3)12-9-21-10-13(12)17/h6-10,16,18H,4-5H2,1-3H3. The molecule has 21 heavy (non-hydrogen) atoms. The normalized spacial score (nSPS) is 12.2. The maximum atomic E-state index is 5.71. The molecule has 0 fully saturated rings. The van der Waals surface area contributed by atoms with Crippen molar-refractivity contribution >= 4 is 27.3 Å². The molecule has 0 saturated carbocycles. The third-order valence-corrected chi connectivity index (χ3v) is 4.89. The second-order valence-electron chi connectivity index (χ2n) is 4.47. The van der Waals surface area contributed by atoms with Crippen LogP contribution in [0.5, 0.6) is 11.5 Å². The Morgan fingerprint density at radius 1 is 1.14 bits per heavy atom. The largest absolute Gasteiger partial charge is 0.490 e. The zero-order valence-electron chi connectivity index (χ0n) is 12.5. The molecule has 0 aliphatic rings. The Morgan fingerprint density at radius 3 is 2.43 bits per heavy atom. The van der Waals surface area contributed by atoms with Crippen molar-refractivity contribution in [2.24, 2.45) is 0 Å². The van der Waals surface area contributed by atoms with Crippen molar-refractivity contribution in [2.75, 3.05) is 20.3 Å². The Kier molecular flexibility index (Phi) is 6.08. The number of hydrogen-bond acceptors (Lipinski definition) is 4. The molecule has 0 saturated heterocycles. The summed E-state index contributed by atoms with van der Waals surface area (Å²) in [5.41, 5.74) is 2.39. The van der Waals surface area contributed by atoms with E-state index in [1.807, 2.05) is 27.0 Å². The summed E-state index contributed by atoms with van der Waals surface area (Å²) in [6.45, 7) is 5.21. The second kappa shape index (κ2) is 7.82. The Labute approximate surface area is 138 Å². The van der Waals surface area contributed by atoms with Crippen LogP contribution in [-0.2, 0) is 0 Å². The smallest absolute Gasteiger partial charge is 0.161 e. The molecule has 0 spiro atoms. The maximum Gasteiger partial charge on any atom is 0.161 e. The number of halogens is 1. The van der Waals surface area contributed by atoms with Gasteiger partial charge in [-0.15, -0.1) is 0 Å². The molecule has 2 rings (SSSR count). The summed E-state index contributed by atoms with van der Waals surface area (Å²) in [5, 5.41) is 7.61. The van der Waals surface area contributed by atoms with Crippen molar-refractivity contribution in [3.63, 3.8) is 0 Å². The van der Waals surface area contributed by atoms with Crippen molar-refractivity contribution in [1.82, 2.24) is 5.32 Å². The summed E-state index contributed by atoms with van der Waals surface area (Å²) in [4.78, 5) is 0. The number of ether oxygens (including phenoxy) is 2. The molecule has 1 aromatic carbocycles. The first kappa shape index (κ1) is 16.3. The Morgan fingerprint density at radius 2 is 1.86 bits per heavy atom. The molecule has 2 aromatic rings. The summed E-state index contributed by atoms with van der Waals surface area (Å²) >= 11 is 5.30. The minimum Gasteiger partial charge on any atom is -0.490 e. The zero-order valence-corrected chi connectivity index (χ0v) is 14.9. The molecule has 114 valence electrons. The first-order chi connectivity index (χ1) is 10.2. The molecule has 3 nitrogen and oxygen atoms in total. The molecule has 0 radical (unpaired) electrons. The van der Waals surface area contributed by atoms with Crippen molar-refractivity contribution in [3.8, 4) is 11.5 Å². The molecular formula is C16H20BrNO2S. The fourth-order valence-electron chi connectivity index (χ4n) is 2.25. The fourth-order valence-corrected chi connectivity index (χ4v) is 3.80. The summed E-state index contributed by atoms with van der Waals surface area (Å²) in [6, 6.07) is 6.24. The van der Waals surface area contributed by atoms with Gasteiger partial charge in [-0.1, -0.05) is 6.07 Å². The highest BCUT2D eigenvalue weighted by atomic mass is 79.9. The monoisotopic (exact) mass is 369 g/mol. The molecule has 1 atom stereocenters. The lowest BCUT2D eigenvalue weighted by atomic mass is 10.0. The van der Waals surface area contributed by atoms with Crippen LogP contribution in [-0.4, -0.2) is 20.3 Å². The number of hydrogen-bond donors (Lipinski definition) is 1. The second-order valence-corrected chi connectivity index (χ2v) is 6.07. The first-order valence-electron chi connectivity index (χ1n) is 6.99. The fraction of sp³-hybridized carbons (Fsp3) is 0.375. The van der Waals surface area contributed by atoms with E-state index in [0.717, 1.165) is 21.5 Å². The summed E-state index contributed by atoms with van der Waals surface area (Å²) in [6.07, 6.45) is 0. The van der Waals surface area contributed by atoms with E-state index in [1.165, 1.54) is 5.56 Å². The topological polar surface area (TPSA) is 30.5 Å². The highest BCUT2D eigenvalue weighted by molar-refractivity contribution is 9.10. The van der Waals surface area contributed by atoms with E-state index in [2.05, 4.69) is 44.1 Å². The first-order valence-corrected chi connectivity index (χ1v) is 8.73. The number of thiophene rings is 1. The lowest BCUT2D eigenvalue weighted by Crippen LogP contribution is -2.17. The minimum absolute atomic E-state index is 0.125. The summed E-state index contributed by atoms with van der Waals surface area (Å²) in [7, 11) is 1.96. The SMILES string of the molecule is CCOc1ccc(C(NC)c2cscc2Br)cc1OCC. The minimum atomic E-state index is 0.125.